The summed E-state index contributed by atoms with van der Waals surface area (Å²) in [6, 6.07) is 0. The van der Waals surface area contributed by atoms with E-state index in [1.54, 1.807) is 0 Å². The van der Waals surface area contributed by atoms with Crippen molar-refractivity contribution in [2.24, 2.45) is 0 Å². The van der Waals surface area contributed by atoms with E-state index < -0.39 is 0 Å². The van der Waals surface area contributed by atoms with Crippen molar-refractivity contribution in [1.82, 2.24) is 0 Å². The molecule has 27 heavy (non-hydrogen) atoms. The van der Waals surface area contributed by atoms with Crippen LogP contribution in [0.3, 0.4) is 0 Å². The van der Waals surface area contributed by atoms with Crippen molar-refractivity contribution in [3.63, 3.8) is 0 Å². The van der Waals surface area contributed by atoms with E-state index in [9.17, 15) is 0 Å². The maximum atomic E-state index is 6.59. The molecular formula is C24H34O3. The normalized spacial score (nSPS) is 10.9. The van der Waals surface area contributed by atoms with E-state index in [2.05, 4.69) is 55.4 Å². The first-order valence-electron chi connectivity index (χ1n) is 9.81. The molecule has 0 radical (unpaired) electrons. The summed E-state index contributed by atoms with van der Waals surface area (Å²) in [4.78, 5) is 0. The zero-order valence-electron chi connectivity index (χ0n) is 18.6. The highest BCUT2D eigenvalue weighted by Gasteiger charge is 2.23. The molecule has 148 valence electrons. The second-order valence-corrected chi connectivity index (χ2v) is 7.28. The van der Waals surface area contributed by atoms with Gasteiger partial charge in [-0.25, -0.2) is 0 Å². The van der Waals surface area contributed by atoms with Crippen LogP contribution in [0.2, 0.25) is 0 Å². The number of hydrogen-bond acceptors (Lipinski definition) is 3. The number of ether oxygens (including phenoxy) is 3. The Morgan fingerprint density at radius 3 is 0.926 bits per heavy atom. The fourth-order valence-corrected chi connectivity index (χ4v) is 3.47. The Bertz CT molecular complexity index is 792. The monoisotopic (exact) mass is 370 g/mol. The molecular weight excluding hydrogens is 336 g/mol. The third-order valence-corrected chi connectivity index (χ3v) is 5.93. The van der Waals surface area contributed by atoms with E-state index in [-0.39, 0.29) is 0 Å². The first-order chi connectivity index (χ1) is 12.7. The van der Waals surface area contributed by atoms with Crippen molar-refractivity contribution < 1.29 is 14.2 Å². The highest BCUT2D eigenvalue weighted by molar-refractivity contribution is 5.64. The first kappa shape index (κ1) is 21.1. The summed E-state index contributed by atoms with van der Waals surface area (Å²) in [5.74, 6) is 3.25. The van der Waals surface area contributed by atoms with Gasteiger partial charge in [0.05, 0.1) is 13.2 Å². The quantitative estimate of drug-likeness (QED) is 0.563. The van der Waals surface area contributed by atoms with Crippen LogP contribution in [-0.4, -0.2) is 13.2 Å². The van der Waals surface area contributed by atoms with Gasteiger partial charge in [0.15, 0.2) is 23.0 Å². The maximum Gasteiger partial charge on any atom is 0.172 e. The van der Waals surface area contributed by atoms with E-state index in [0.29, 0.717) is 13.2 Å². The SMILES string of the molecule is CCOc1c(C)c(C)c(C)c(C)c1Oc1c(C)c(C)c(C)c(C)c1OCC. The van der Waals surface area contributed by atoms with E-state index in [1.165, 1.54) is 22.3 Å². The van der Waals surface area contributed by atoms with Crippen LogP contribution in [0.1, 0.15) is 58.4 Å². The maximum absolute atomic E-state index is 6.59. The molecule has 0 atom stereocenters. The van der Waals surface area contributed by atoms with Crippen LogP contribution < -0.4 is 14.2 Å². The van der Waals surface area contributed by atoms with Crippen molar-refractivity contribution >= 4 is 0 Å². The Kier molecular flexibility index (Phi) is 6.46. The largest absolute Gasteiger partial charge is 0.490 e. The third-order valence-electron chi connectivity index (χ3n) is 5.93. The predicted octanol–water partition coefficient (Wildman–Crippen LogP) is 6.74. The molecule has 2 rings (SSSR count). The number of rotatable bonds is 6. The molecule has 0 heterocycles. The second-order valence-electron chi connectivity index (χ2n) is 7.28. The van der Waals surface area contributed by atoms with Gasteiger partial charge in [0.1, 0.15) is 0 Å². The smallest absolute Gasteiger partial charge is 0.172 e. The Balaban J connectivity index is 2.78. The Morgan fingerprint density at radius 1 is 0.407 bits per heavy atom. The molecule has 0 aliphatic heterocycles. The van der Waals surface area contributed by atoms with Gasteiger partial charge in [0.25, 0.3) is 0 Å². The van der Waals surface area contributed by atoms with Gasteiger partial charge in [-0.2, -0.15) is 0 Å². The Morgan fingerprint density at radius 2 is 0.667 bits per heavy atom. The minimum Gasteiger partial charge on any atom is -0.490 e. The van der Waals surface area contributed by atoms with Gasteiger partial charge in [0.2, 0.25) is 0 Å². The molecule has 0 fully saturated rings. The molecule has 3 heteroatoms. The van der Waals surface area contributed by atoms with Gasteiger partial charge in [-0.3, -0.25) is 0 Å². The molecule has 2 aromatic rings. The lowest BCUT2D eigenvalue weighted by molar-refractivity contribution is 0.300. The van der Waals surface area contributed by atoms with Gasteiger partial charge in [-0.05, 0) is 114 Å². The van der Waals surface area contributed by atoms with E-state index >= 15 is 0 Å². The van der Waals surface area contributed by atoms with Gasteiger partial charge in [0, 0.05) is 0 Å². The standard InChI is InChI=1S/C24H34O3/c1-11-25-21-17(7)13(3)15(5)19(9)23(21)27-24-20(10)16(6)14(4)18(8)22(24)26-12-2/h11-12H2,1-10H3. The fourth-order valence-electron chi connectivity index (χ4n) is 3.47. The zero-order valence-corrected chi connectivity index (χ0v) is 18.6. The van der Waals surface area contributed by atoms with Crippen molar-refractivity contribution in [2.75, 3.05) is 13.2 Å². The lowest BCUT2D eigenvalue weighted by Gasteiger charge is -2.24. The highest BCUT2D eigenvalue weighted by Crippen LogP contribution is 2.47. The molecule has 0 amide bonds. The molecule has 0 aliphatic carbocycles. The van der Waals surface area contributed by atoms with Crippen LogP contribution in [0.4, 0.5) is 0 Å². The molecule has 3 nitrogen and oxygen atoms in total. The van der Waals surface area contributed by atoms with Crippen molar-refractivity contribution in [3.8, 4) is 23.0 Å². The highest BCUT2D eigenvalue weighted by atomic mass is 16.5. The second kappa shape index (κ2) is 8.24. The molecule has 0 spiro atoms. The molecule has 0 aromatic heterocycles. The number of benzene rings is 2. The lowest BCUT2D eigenvalue weighted by atomic mass is 9.96. The summed E-state index contributed by atoms with van der Waals surface area (Å²) >= 11 is 0. The van der Waals surface area contributed by atoms with Crippen LogP contribution in [0.25, 0.3) is 0 Å². The van der Waals surface area contributed by atoms with Crippen molar-refractivity contribution in [1.29, 1.82) is 0 Å². The zero-order chi connectivity index (χ0) is 20.5. The fraction of sp³-hybridized carbons (Fsp3) is 0.500. The summed E-state index contributed by atoms with van der Waals surface area (Å²) < 4.78 is 18.6. The van der Waals surface area contributed by atoms with E-state index in [1.807, 2.05) is 13.8 Å². The van der Waals surface area contributed by atoms with Crippen LogP contribution >= 0.6 is 0 Å². The van der Waals surface area contributed by atoms with Gasteiger partial charge in [-0.15, -0.1) is 0 Å². The van der Waals surface area contributed by atoms with Gasteiger partial charge >= 0.3 is 0 Å². The topological polar surface area (TPSA) is 27.7 Å². The summed E-state index contributed by atoms with van der Waals surface area (Å²) in [5.41, 5.74) is 9.46. The Labute approximate surface area is 164 Å². The average Bonchev–Trinajstić information content (AvgIpc) is 2.65. The third kappa shape index (κ3) is 3.65. The van der Waals surface area contributed by atoms with Crippen LogP contribution in [0.5, 0.6) is 23.0 Å². The molecule has 0 saturated heterocycles. The minimum absolute atomic E-state index is 0.600. The number of hydrogen-bond donors (Lipinski definition) is 0. The Hall–Kier alpha value is -2.16. The first-order valence-corrected chi connectivity index (χ1v) is 9.81. The summed E-state index contributed by atoms with van der Waals surface area (Å²) in [5, 5.41) is 0. The summed E-state index contributed by atoms with van der Waals surface area (Å²) in [6.07, 6.45) is 0. The molecule has 0 bridgehead atoms. The molecule has 2 aromatic carbocycles. The molecule has 0 unspecified atom stereocenters. The van der Waals surface area contributed by atoms with Gasteiger partial charge in [-0.1, -0.05) is 0 Å². The molecule has 0 aliphatic rings. The van der Waals surface area contributed by atoms with E-state index in [4.69, 9.17) is 14.2 Å². The average molecular weight is 371 g/mol. The molecule has 0 N–H and O–H groups in total. The van der Waals surface area contributed by atoms with Crippen LogP contribution in [0.15, 0.2) is 0 Å². The summed E-state index contributed by atoms with van der Waals surface area (Å²) in [6.45, 7) is 22.2. The van der Waals surface area contributed by atoms with Crippen LogP contribution in [-0.2, 0) is 0 Å². The van der Waals surface area contributed by atoms with Gasteiger partial charge < -0.3 is 14.2 Å². The molecule has 0 saturated carbocycles. The van der Waals surface area contributed by atoms with Crippen molar-refractivity contribution in [3.05, 3.63) is 44.5 Å². The predicted molar refractivity (Wildman–Crippen MR) is 113 cm³/mol. The minimum atomic E-state index is 0.600. The van der Waals surface area contributed by atoms with E-state index in [0.717, 1.165) is 45.3 Å². The lowest BCUT2D eigenvalue weighted by Crippen LogP contribution is -2.07. The summed E-state index contributed by atoms with van der Waals surface area (Å²) in [7, 11) is 0. The van der Waals surface area contributed by atoms with Crippen molar-refractivity contribution in [2.45, 2.75) is 69.2 Å². The van der Waals surface area contributed by atoms with Crippen LogP contribution in [0, 0.1) is 55.4 Å².